The number of rotatable bonds is 4. The van der Waals surface area contributed by atoms with E-state index < -0.39 is 0 Å². The van der Waals surface area contributed by atoms with Gasteiger partial charge in [-0.15, -0.1) is 0 Å². The monoisotopic (exact) mass is 168 g/mol. The van der Waals surface area contributed by atoms with Crippen molar-refractivity contribution in [1.29, 1.82) is 0 Å². The van der Waals surface area contributed by atoms with Crippen molar-refractivity contribution in [2.24, 2.45) is 0 Å². The number of nitrogens with one attached hydrogen (secondary N) is 1. The molecule has 1 heterocycles. The summed E-state index contributed by atoms with van der Waals surface area (Å²) in [5, 5.41) is 7.04. The van der Waals surface area contributed by atoms with Gasteiger partial charge in [0.25, 0.3) is 0 Å². The average molecular weight is 168 g/mol. The fraction of sp³-hybridized carbons (Fsp3) is 0.667. The van der Waals surface area contributed by atoms with Gasteiger partial charge < -0.3 is 9.84 Å². The lowest BCUT2D eigenvalue weighted by atomic mass is 10.0. The number of hydrogen-bond acceptors (Lipinski definition) is 3. The topological polar surface area (TPSA) is 38.1 Å². The zero-order valence-corrected chi connectivity index (χ0v) is 7.92. The Balaban J connectivity index is 2.36. The lowest BCUT2D eigenvalue weighted by Gasteiger charge is -2.23. The van der Waals surface area contributed by atoms with Crippen molar-refractivity contribution in [3.63, 3.8) is 0 Å². The van der Waals surface area contributed by atoms with E-state index in [0.29, 0.717) is 0 Å². The van der Waals surface area contributed by atoms with Crippen molar-refractivity contribution in [3.8, 4) is 0 Å². The molecule has 0 unspecified atom stereocenters. The molecular weight excluding hydrogens is 152 g/mol. The number of hydrogen-bond donors (Lipinski definition) is 1. The molecule has 1 rings (SSSR count). The predicted octanol–water partition coefficient (Wildman–Crippen LogP) is 1.95. The van der Waals surface area contributed by atoms with Crippen LogP contribution in [0.4, 0.5) is 0 Å². The van der Waals surface area contributed by atoms with Crippen molar-refractivity contribution in [1.82, 2.24) is 10.5 Å². The molecule has 0 aromatic carbocycles. The third-order valence-electron chi connectivity index (χ3n) is 2.14. The van der Waals surface area contributed by atoms with Crippen molar-refractivity contribution in [2.45, 2.75) is 39.3 Å². The first-order chi connectivity index (χ1) is 5.64. The Hall–Kier alpha value is -0.830. The van der Waals surface area contributed by atoms with Gasteiger partial charge in [0, 0.05) is 17.6 Å². The maximum atomic E-state index is 4.72. The van der Waals surface area contributed by atoms with E-state index in [2.05, 4.69) is 31.2 Å². The van der Waals surface area contributed by atoms with Crippen LogP contribution in [0.3, 0.4) is 0 Å². The van der Waals surface area contributed by atoms with Crippen LogP contribution >= 0.6 is 0 Å². The molecule has 0 aliphatic heterocycles. The molecular formula is C9H16N2O. The average Bonchev–Trinajstić information content (AvgIpc) is 2.53. The first-order valence-corrected chi connectivity index (χ1v) is 4.27. The highest BCUT2D eigenvalue weighted by atomic mass is 16.5. The van der Waals surface area contributed by atoms with Crippen LogP contribution in [0.2, 0.25) is 0 Å². The van der Waals surface area contributed by atoms with Crippen LogP contribution in [0.15, 0.2) is 17.0 Å². The molecule has 12 heavy (non-hydrogen) atoms. The van der Waals surface area contributed by atoms with Crippen LogP contribution in [0.1, 0.15) is 32.8 Å². The van der Waals surface area contributed by atoms with E-state index in [1.807, 2.05) is 0 Å². The molecule has 3 nitrogen and oxygen atoms in total. The third-order valence-corrected chi connectivity index (χ3v) is 2.14. The van der Waals surface area contributed by atoms with Gasteiger partial charge in [-0.25, -0.2) is 0 Å². The van der Waals surface area contributed by atoms with Crippen molar-refractivity contribution in [2.75, 3.05) is 0 Å². The van der Waals surface area contributed by atoms with E-state index in [-0.39, 0.29) is 5.54 Å². The highest BCUT2D eigenvalue weighted by Gasteiger charge is 2.13. The summed E-state index contributed by atoms with van der Waals surface area (Å²) in [7, 11) is 0. The van der Waals surface area contributed by atoms with Crippen molar-refractivity contribution in [3.05, 3.63) is 18.0 Å². The summed E-state index contributed by atoms with van der Waals surface area (Å²) in [5.41, 5.74) is 1.29. The van der Waals surface area contributed by atoms with Crippen LogP contribution in [0.25, 0.3) is 0 Å². The molecule has 0 saturated carbocycles. The molecule has 0 amide bonds. The number of nitrogens with zero attached hydrogens (tertiary/aromatic N) is 1. The SMILES string of the molecule is CCC(C)(C)NCc1cnoc1. The quantitative estimate of drug-likeness (QED) is 0.746. The smallest absolute Gasteiger partial charge is 0.128 e. The molecule has 0 aliphatic rings. The summed E-state index contributed by atoms with van der Waals surface area (Å²) >= 11 is 0. The highest BCUT2D eigenvalue weighted by molar-refractivity contribution is 5.00. The lowest BCUT2D eigenvalue weighted by Crippen LogP contribution is -2.37. The van der Waals surface area contributed by atoms with Crippen LogP contribution in [0, 0.1) is 0 Å². The summed E-state index contributed by atoms with van der Waals surface area (Å²) < 4.78 is 4.72. The Labute approximate surface area is 73.1 Å². The molecule has 1 aromatic heterocycles. The summed E-state index contributed by atoms with van der Waals surface area (Å²) in [4.78, 5) is 0. The largest absolute Gasteiger partial charge is 0.364 e. The van der Waals surface area contributed by atoms with Gasteiger partial charge in [0.2, 0.25) is 0 Å². The minimum absolute atomic E-state index is 0.192. The molecule has 0 radical (unpaired) electrons. The minimum atomic E-state index is 0.192. The first kappa shape index (κ1) is 9.26. The van der Waals surface area contributed by atoms with E-state index >= 15 is 0 Å². The Bertz CT molecular complexity index is 216. The second-order valence-corrected chi connectivity index (χ2v) is 3.62. The van der Waals surface area contributed by atoms with E-state index in [4.69, 9.17) is 4.52 Å². The maximum Gasteiger partial charge on any atom is 0.128 e. The molecule has 0 saturated heterocycles. The Morgan fingerprint density at radius 1 is 1.58 bits per heavy atom. The zero-order valence-electron chi connectivity index (χ0n) is 7.92. The fourth-order valence-corrected chi connectivity index (χ4v) is 0.780. The normalized spacial score (nSPS) is 11.9. The molecule has 0 atom stereocenters. The standard InChI is InChI=1S/C9H16N2O/c1-4-9(2,3)10-5-8-6-11-12-7-8/h6-7,10H,4-5H2,1-3H3. The summed E-state index contributed by atoms with van der Waals surface area (Å²) in [5.74, 6) is 0. The first-order valence-electron chi connectivity index (χ1n) is 4.27. The molecule has 68 valence electrons. The highest BCUT2D eigenvalue weighted by Crippen LogP contribution is 2.08. The second-order valence-electron chi connectivity index (χ2n) is 3.62. The van der Waals surface area contributed by atoms with E-state index in [9.17, 15) is 0 Å². The van der Waals surface area contributed by atoms with Crippen LogP contribution < -0.4 is 5.32 Å². The van der Waals surface area contributed by atoms with Gasteiger partial charge in [0.05, 0.1) is 6.20 Å². The molecule has 3 heteroatoms. The second kappa shape index (κ2) is 3.72. The van der Waals surface area contributed by atoms with Gasteiger partial charge in [0.1, 0.15) is 6.26 Å². The van der Waals surface area contributed by atoms with Crippen molar-refractivity contribution >= 4 is 0 Å². The van der Waals surface area contributed by atoms with E-state index in [1.54, 1.807) is 12.5 Å². The Morgan fingerprint density at radius 2 is 2.33 bits per heavy atom. The van der Waals surface area contributed by atoms with E-state index in [1.165, 1.54) is 0 Å². The van der Waals surface area contributed by atoms with Crippen LogP contribution in [-0.2, 0) is 6.54 Å². The van der Waals surface area contributed by atoms with Crippen LogP contribution in [-0.4, -0.2) is 10.7 Å². The van der Waals surface area contributed by atoms with E-state index in [0.717, 1.165) is 18.5 Å². The number of aromatic nitrogens is 1. The van der Waals surface area contributed by atoms with Gasteiger partial charge in [-0.05, 0) is 20.3 Å². The third kappa shape index (κ3) is 2.66. The zero-order chi connectivity index (χ0) is 9.03. The molecule has 0 bridgehead atoms. The summed E-state index contributed by atoms with van der Waals surface area (Å²) in [6.45, 7) is 7.35. The Kier molecular flexibility index (Phi) is 2.87. The van der Waals surface area contributed by atoms with Gasteiger partial charge in [0.15, 0.2) is 0 Å². The van der Waals surface area contributed by atoms with Gasteiger partial charge >= 0.3 is 0 Å². The van der Waals surface area contributed by atoms with Gasteiger partial charge in [-0.2, -0.15) is 0 Å². The summed E-state index contributed by atoms with van der Waals surface area (Å²) in [6.07, 6.45) is 4.51. The molecule has 0 aliphatic carbocycles. The predicted molar refractivity (Wildman–Crippen MR) is 47.7 cm³/mol. The maximum absolute atomic E-state index is 4.72. The summed E-state index contributed by atoms with van der Waals surface area (Å²) in [6, 6.07) is 0. The van der Waals surface area contributed by atoms with Crippen LogP contribution in [0.5, 0.6) is 0 Å². The van der Waals surface area contributed by atoms with Gasteiger partial charge in [-0.3, -0.25) is 0 Å². The van der Waals surface area contributed by atoms with Crippen molar-refractivity contribution < 1.29 is 4.52 Å². The minimum Gasteiger partial charge on any atom is -0.364 e. The molecule has 0 fully saturated rings. The lowest BCUT2D eigenvalue weighted by molar-refractivity contribution is 0.372. The fourth-order valence-electron chi connectivity index (χ4n) is 0.780. The van der Waals surface area contributed by atoms with Gasteiger partial charge in [-0.1, -0.05) is 12.1 Å². The Morgan fingerprint density at radius 3 is 2.83 bits per heavy atom. The molecule has 1 N–H and O–H groups in total. The molecule has 0 spiro atoms. The molecule has 1 aromatic rings.